The van der Waals surface area contributed by atoms with Gasteiger partial charge in [0.05, 0.1) is 6.61 Å². The van der Waals surface area contributed by atoms with Crippen LogP contribution in [0.15, 0.2) is 12.2 Å². The van der Waals surface area contributed by atoms with Gasteiger partial charge in [-0.2, -0.15) is 0 Å². The van der Waals surface area contributed by atoms with Gasteiger partial charge in [0.25, 0.3) is 0 Å². The van der Waals surface area contributed by atoms with Crippen LogP contribution < -0.4 is 0 Å². The van der Waals surface area contributed by atoms with Gasteiger partial charge in [-0.05, 0) is 32.1 Å². The van der Waals surface area contributed by atoms with E-state index in [0.717, 1.165) is 12.8 Å². The molecule has 0 saturated carbocycles. The van der Waals surface area contributed by atoms with Gasteiger partial charge in [-0.3, -0.25) is 0 Å². The molecule has 0 N–H and O–H groups in total. The molecule has 0 aromatic rings. The summed E-state index contributed by atoms with van der Waals surface area (Å²) in [7, 11) is 0. The SMILES string of the molecule is CCCCCCCC=CCCCCCCC[O]. The molecule has 101 valence electrons. The van der Waals surface area contributed by atoms with E-state index in [4.69, 9.17) is 0 Å². The Bertz CT molecular complexity index is 152. The highest BCUT2D eigenvalue weighted by Crippen LogP contribution is 2.08. The van der Waals surface area contributed by atoms with Gasteiger partial charge in [-0.25, -0.2) is 5.11 Å². The third kappa shape index (κ3) is 15.7. The van der Waals surface area contributed by atoms with Gasteiger partial charge in [-0.1, -0.05) is 64.0 Å². The second-order valence-electron chi connectivity index (χ2n) is 4.93. The molecule has 1 nitrogen and oxygen atoms in total. The van der Waals surface area contributed by atoms with Crippen LogP contribution in [-0.4, -0.2) is 6.61 Å². The highest BCUT2D eigenvalue weighted by molar-refractivity contribution is 4.81. The maximum Gasteiger partial charge on any atom is 0.0822 e. The smallest absolute Gasteiger partial charge is 0.0822 e. The predicted molar refractivity (Wildman–Crippen MR) is 75.8 cm³/mol. The van der Waals surface area contributed by atoms with Crippen molar-refractivity contribution in [2.45, 2.75) is 84.0 Å². The Morgan fingerprint density at radius 2 is 1.12 bits per heavy atom. The van der Waals surface area contributed by atoms with E-state index in [9.17, 15) is 5.11 Å². The van der Waals surface area contributed by atoms with Crippen molar-refractivity contribution in [3.8, 4) is 0 Å². The van der Waals surface area contributed by atoms with Crippen molar-refractivity contribution < 1.29 is 5.11 Å². The van der Waals surface area contributed by atoms with E-state index in [0.29, 0.717) is 0 Å². The Morgan fingerprint density at radius 1 is 0.647 bits per heavy atom. The largest absolute Gasteiger partial charge is 0.237 e. The fraction of sp³-hybridized carbons (Fsp3) is 0.875. The summed E-state index contributed by atoms with van der Waals surface area (Å²) in [5.41, 5.74) is 0. The van der Waals surface area contributed by atoms with Crippen LogP contribution in [0.3, 0.4) is 0 Å². The maximum atomic E-state index is 10.2. The van der Waals surface area contributed by atoms with Crippen LogP contribution in [0.5, 0.6) is 0 Å². The van der Waals surface area contributed by atoms with Gasteiger partial charge in [0.1, 0.15) is 0 Å². The summed E-state index contributed by atoms with van der Waals surface area (Å²) in [5.74, 6) is 0. The van der Waals surface area contributed by atoms with Crippen molar-refractivity contribution in [2.75, 3.05) is 6.61 Å². The molecule has 0 aromatic heterocycles. The van der Waals surface area contributed by atoms with Crippen molar-refractivity contribution in [2.24, 2.45) is 0 Å². The van der Waals surface area contributed by atoms with Crippen molar-refractivity contribution in [1.82, 2.24) is 0 Å². The zero-order chi connectivity index (χ0) is 12.6. The minimum atomic E-state index is 0.109. The fourth-order valence-corrected chi connectivity index (χ4v) is 2.00. The number of rotatable bonds is 13. The quantitative estimate of drug-likeness (QED) is 0.291. The highest BCUT2D eigenvalue weighted by atomic mass is 16.2. The number of allylic oxidation sites excluding steroid dienone is 2. The van der Waals surface area contributed by atoms with E-state index >= 15 is 0 Å². The minimum absolute atomic E-state index is 0.109. The molecule has 0 amide bonds. The van der Waals surface area contributed by atoms with Crippen molar-refractivity contribution in [3.05, 3.63) is 12.2 Å². The summed E-state index contributed by atoms with van der Waals surface area (Å²) in [6.07, 6.45) is 19.9. The number of hydrogen-bond acceptors (Lipinski definition) is 0. The molecular weight excluding hydrogens is 208 g/mol. The van der Waals surface area contributed by atoms with E-state index in [-0.39, 0.29) is 6.61 Å². The fourth-order valence-electron chi connectivity index (χ4n) is 2.00. The van der Waals surface area contributed by atoms with Crippen molar-refractivity contribution in [1.29, 1.82) is 0 Å². The van der Waals surface area contributed by atoms with Crippen molar-refractivity contribution in [3.63, 3.8) is 0 Å². The summed E-state index contributed by atoms with van der Waals surface area (Å²) in [6, 6.07) is 0. The maximum absolute atomic E-state index is 10.2. The molecule has 0 saturated heterocycles. The first-order valence-corrected chi connectivity index (χ1v) is 7.65. The summed E-state index contributed by atoms with van der Waals surface area (Å²) >= 11 is 0. The van der Waals surface area contributed by atoms with Crippen LogP contribution in [0.2, 0.25) is 0 Å². The van der Waals surface area contributed by atoms with Gasteiger partial charge < -0.3 is 0 Å². The molecule has 17 heavy (non-hydrogen) atoms. The third-order valence-corrected chi connectivity index (χ3v) is 3.16. The Morgan fingerprint density at radius 3 is 1.65 bits per heavy atom. The predicted octanol–water partition coefficient (Wildman–Crippen LogP) is 5.67. The Hall–Kier alpha value is -0.300. The van der Waals surface area contributed by atoms with Crippen LogP contribution in [-0.2, 0) is 5.11 Å². The average molecular weight is 239 g/mol. The Balaban J connectivity index is 2.99. The summed E-state index contributed by atoms with van der Waals surface area (Å²) in [4.78, 5) is 0. The van der Waals surface area contributed by atoms with Gasteiger partial charge in [0, 0.05) is 0 Å². The lowest BCUT2D eigenvalue weighted by Crippen LogP contribution is -1.82. The molecule has 0 aliphatic heterocycles. The van der Waals surface area contributed by atoms with Gasteiger partial charge in [-0.15, -0.1) is 0 Å². The highest BCUT2D eigenvalue weighted by Gasteiger charge is 1.89. The standard InChI is InChI=1S/C16H31O/c1-2-3-4-5-6-7-8-9-10-11-12-13-14-15-16-17/h8-9H,2-7,10-16H2,1H3. The molecule has 0 unspecified atom stereocenters. The molecule has 0 spiro atoms. The van der Waals surface area contributed by atoms with Gasteiger partial charge in [0.15, 0.2) is 0 Å². The summed E-state index contributed by atoms with van der Waals surface area (Å²) in [5, 5.41) is 10.2. The number of unbranched alkanes of at least 4 members (excludes halogenated alkanes) is 10. The first-order chi connectivity index (χ1) is 8.41. The first-order valence-electron chi connectivity index (χ1n) is 7.65. The van der Waals surface area contributed by atoms with E-state index < -0.39 is 0 Å². The van der Waals surface area contributed by atoms with E-state index in [2.05, 4.69) is 19.1 Å². The molecule has 1 heteroatoms. The van der Waals surface area contributed by atoms with E-state index in [1.165, 1.54) is 64.2 Å². The molecule has 0 atom stereocenters. The molecule has 0 bridgehead atoms. The number of hydrogen-bond donors (Lipinski definition) is 0. The van der Waals surface area contributed by atoms with Crippen LogP contribution in [0, 0.1) is 0 Å². The molecule has 1 radical (unpaired) electrons. The lowest BCUT2D eigenvalue weighted by Gasteiger charge is -1.98. The Kier molecular flexibility index (Phi) is 15.4. The monoisotopic (exact) mass is 239 g/mol. The van der Waals surface area contributed by atoms with Crippen molar-refractivity contribution >= 4 is 0 Å². The van der Waals surface area contributed by atoms with E-state index in [1.54, 1.807) is 0 Å². The van der Waals surface area contributed by atoms with Crippen LogP contribution in [0.1, 0.15) is 84.0 Å². The molecule has 0 heterocycles. The summed E-state index contributed by atoms with van der Waals surface area (Å²) in [6.45, 7) is 2.37. The lowest BCUT2D eigenvalue weighted by atomic mass is 10.1. The lowest BCUT2D eigenvalue weighted by molar-refractivity contribution is 0.186. The zero-order valence-electron chi connectivity index (χ0n) is 11.8. The normalized spacial score (nSPS) is 11.4. The zero-order valence-corrected chi connectivity index (χ0v) is 11.8. The molecule has 0 rings (SSSR count). The van der Waals surface area contributed by atoms with Crippen LogP contribution in [0.4, 0.5) is 0 Å². The summed E-state index contributed by atoms with van der Waals surface area (Å²) < 4.78 is 0. The van der Waals surface area contributed by atoms with Gasteiger partial charge >= 0.3 is 0 Å². The second-order valence-corrected chi connectivity index (χ2v) is 4.93. The van der Waals surface area contributed by atoms with Crippen LogP contribution >= 0.6 is 0 Å². The first kappa shape index (κ1) is 16.7. The molecular formula is C16H31O. The average Bonchev–Trinajstić information content (AvgIpc) is 2.35. The van der Waals surface area contributed by atoms with Gasteiger partial charge in [0.2, 0.25) is 0 Å². The second kappa shape index (κ2) is 15.7. The molecule has 0 fully saturated rings. The topological polar surface area (TPSA) is 19.9 Å². The molecule has 0 aliphatic rings. The minimum Gasteiger partial charge on any atom is -0.237 e. The third-order valence-electron chi connectivity index (χ3n) is 3.16. The van der Waals surface area contributed by atoms with E-state index in [1.807, 2.05) is 0 Å². The van der Waals surface area contributed by atoms with Crippen LogP contribution in [0.25, 0.3) is 0 Å². The Labute approximate surface area is 108 Å². The molecule has 0 aliphatic carbocycles. The molecule has 0 aromatic carbocycles.